The highest BCUT2D eigenvalue weighted by Crippen LogP contribution is 2.13. The molecule has 0 aliphatic carbocycles. The molecule has 5 nitrogen and oxygen atoms in total. The normalized spacial score (nSPS) is 11.2. The summed E-state index contributed by atoms with van der Waals surface area (Å²) in [6, 6.07) is 16.1. The molecule has 0 fully saturated rings. The topological polar surface area (TPSA) is 79.5 Å². The van der Waals surface area contributed by atoms with Gasteiger partial charge in [0.1, 0.15) is 6.54 Å². The van der Waals surface area contributed by atoms with Gasteiger partial charge in [0.2, 0.25) is 5.91 Å². The number of carbonyl (C=O) groups is 1. The third-order valence-electron chi connectivity index (χ3n) is 3.47. The van der Waals surface area contributed by atoms with Crippen LogP contribution in [0.3, 0.4) is 0 Å². The Kier molecular flexibility index (Phi) is 6.37. The minimum absolute atomic E-state index is 0.0123. The monoisotopic (exact) mass is 324 g/mol. The molecule has 0 aromatic heterocycles. The van der Waals surface area contributed by atoms with Gasteiger partial charge in [-0.1, -0.05) is 36.4 Å². The third-order valence-corrected chi connectivity index (χ3v) is 3.47. The van der Waals surface area contributed by atoms with Gasteiger partial charge in [0.05, 0.1) is 0 Å². The van der Waals surface area contributed by atoms with E-state index in [-0.39, 0.29) is 18.4 Å². The molecule has 0 unspecified atom stereocenters. The predicted molar refractivity (Wildman–Crippen MR) is 99.2 cm³/mol. The fourth-order valence-electron chi connectivity index (χ4n) is 2.44. The van der Waals surface area contributed by atoms with Crippen LogP contribution in [-0.2, 0) is 11.2 Å². The maximum Gasteiger partial charge on any atom is 0.241 e. The Balaban J connectivity index is 1.76. The highest BCUT2D eigenvalue weighted by Gasteiger charge is 2.02. The summed E-state index contributed by atoms with van der Waals surface area (Å²) in [5.41, 5.74) is 10.2. The molecule has 0 aliphatic heterocycles. The minimum Gasteiger partial charge on any atom is -0.370 e. The zero-order valence-corrected chi connectivity index (χ0v) is 14.2. The van der Waals surface area contributed by atoms with Gasteiger partial charge >= 0.3 is 0 Å². The molecule has 0 aliphatic rings. The number of benzene rings is 2. The molecule has 0 bridgehead atoms. The van der Waals surface area contributed by atoms with Gasteiger partial charge in [0.15, 0.2) is 5.96 Å². The second-order valence-electron chi connectivity index (χ2n) is 5.79. The number of nitrogens with one attached hydrogen (secondary N) is 2. The molecule has 2 aromatic rings. The Morgan fingerprint density at radius 3 is 2.42 bits per heavy atom. The van der Waals surface area contributed by atoms with Crippen LogP contribution >= 0.6 is 0 Å². The van der Waals surface area contributed by atoms with Gasteiger partial charge in [0, 0.05) is 12.2 Å². The zero-order valence-electron chi connectivity index (χ0n) is 14.2. The predicted octanol–water partition coefficient (Wildman–Crippen LogP) is 2.39. The number of nitrogens with two attached hydrogens (primary N) is 1. The number of nitrogens with zero attached hydrogens (tertiary/aromatic N) is 1. The summed E-state index contributed by atoms with van der Waals surface area (Å²) >= 11 is 0. The number of amides is 1. The molecule has 0 saturated carbocycles. The molecule has 24 heavy (non-hydrogen) atoms. The molecule has 2 rings (SSSR count). The molecule has 4 N–H and O–H groups in total. The Labute approximate surface area is 143 Å². The lowest BCUT2D eigenvalue weighted by molar-refractivity contribution is -0.119. The van der Waals surface area contributed by atoms with Gasteiger partial charge in [0.25, 0.3) is 0 Å². The van der Waals surface area contributed by atoms with Crippen LogP contribution in [0.25, 0.3) is 0 Å². The smallest absolute Gasteiger partial charge is 0.241 e. The molecule has 126 valence electrons. The Hall–Kier alpha value is -2.82. The van der Waals surface area contributed by atoms with E-state index < -0.39 is 0 Å². The summed E-state index contributed by atoms with van der Waals surface area (Å²) in [5.74, 6) is 0.0920. The Morgan fingerprint density at radius 2 is 1.75 bits per heavy atom. The largest absolute Gasteiger partial charge is 0.370 e. The van der Waals surface area contributed by atoms with Crippen molar-refractivity contribution < 1.29 is 4.79 Å². The number of aryl methyl sites for hydroxylation is 2. The van der Waals surface area contributed by atoms with E-state index >= 15 is 0 Å². The van der Waals surface area contributed by atoms with Crippen molar-refractivity contribution in [1.29, 1.82) is 0 Å². The van der Waals surface area contributed by atoms with E-state index in [1.54, 1.807) is 0 Å². The van der Waals surface area contributed by atoms with Gasteiger partial charge in [-0.25, -0.2) is 4.99 Å². The molecule has 1 amide bonds. The summed E-state index contributed by atoms with van der Waals surface area (Å²) in [6.07, 6.45) is 0.798. The number of hydrogen-bond acceptors (Lipinski definition) is 2. The number of hydrogen-bond donors (Lipinski definition) is 3. The van der Waals surface area contributed by atoms with Gasteiger partial charge in [-0.15, -0.1) is 0 Å². The number of anilines is 1. The highest BCUT2D eigenvalue weighted by molar-refractivity contribution is 5.94. The van der Waals surface area contributed by atoms with Crippen LogP contribution in [0.1, 0.15) is 16.7 Å². The van der Waals surface area contributed by atoms with E-state index in [1.165, 1.54) is 5.56 Å². The van der Waals surface area contributed by atoms with Crippen molar-refractivity contribution in [2.45, 2.75) is 20.3 Å². The Morgan fingerprint density at radius 1 is 1.08 bits per heavy atom. The second-order valence-corrected chi connectivity index (χ2v) is 5.79. The highest BCUT2D eigenvalue weighted by atomic mass is 16.1. The van der Waals surface area contributed by atoms with E-state index in [2.05, 4.69) is 21.7 Å². The van der Waals surface area contributed by atoms with Crippen molar-refractivity contribution in [3.8, 4) is 0 Å². The first-order chi connectivity index (χ1) is 11.5. The van der Waals surface area contributed by atoms with Gasteiger partial charge in [-0.05, 0) is 49.1 Å². The van der Waals surface area contributed by atoms with Crippen LogP contribution in [0.15, 0.2) is 53.5 Å². The number of rotatable bonds is 6. The number of aliphatic imine (C=N–C) groups is 1. The quantitative estimate of drug-likeness (QED) is 0.564. The summed E-state index contributed by atoms with van der Waals surface area (Å²) in [5, 5.41) is 5.85. The molecule has 0 atom stereocenters. The van der Waals surface area contributed by atoms with Crippen LogP contribution in [0, 0.1) is 13.8 Å². The average molecular weight is 324 g/mol. The van der Waals surface area contributed by atoms with Crippen molar-refractivity contribution in [3.63, 3.8) is 0 Å². The van der Waals surface area contributed by atoms with Gasteiger partial charge in [-0.2, -0.15) is 0 Å². The second kappa shape index (κ2) is 8.72. The maximum absolute atomic E-state index is 11.8. The average Bonchev–Trinajstić information content (AvgIpc) is 2.53. The molecule has 0 saturated heterocycles. The van der Waals surface area contributed by atoms with E-state index in [0.29, 0.717) is 6.54 Å². The molecule has 0 spiro atoms. The van der Waals surface area contributed by atoms with Crippen molar-refractivity contribution in [2.24, 2.45) is 10.7 Å². The van der Waals surface area contributed by atoms with E-state index in [1.807, 2.05) is 56.3 Å². The lowest BCUT2D eigenvalue weighted by Gasteiger charge is -2.08. The summed E-state index contributed by atoms with van der Waals surface area (Å²) < 4.78 is 0. The Bertz CT molecular complexity index is 690. The summed E-state index contributed by atoms with van der Waals surface area (Å²) in [7, 11) is 0. The van der Waals surface area contributed by atoms with E-state index in [4.69, 9.17) is 5.73 Å². The molecule has 0 radical (unpaired) electrons. The third kappa shape index (κ3) is 6.12. The lowest BCUT2D eigenvalue weighted by atomic mass is 10.1. The van der Waals surface area contributed by atoms with Crippen LogP contribution in [0.4, 0.5) is 5.69 Å². The first kappa shape index (κ1) is 17.5. The minimum atomic E-state index is -0.142. The van der Waals surface area contributed by atoms with Crippen LogP contribution < -0.4 is 16.4 Å². The molecular weight excluding hydrogens is 300 g/mol. The van der Waals surface area contributed by atoms with Crippen molar-refractivity contribution >= 4 is 17.6 Å². The maximum atomic E-state index is 11.8. The first-order valence-corrected chi connectivity index (χ1v) is 7.99. The van der Waals surface area contributed by atoms with Crippen LogP contribution in [0.2, 0.25) is 0 Å². The van der Waals surface area contributed by atoms with E-state index in [0.717, 1.165) is 23.2 Å². The van der Waals surface area contributed by atoms with Gasteiger partial charge in [-0.3, -0.25) is 4.79 Å². The fourth-order valence-corrected chi connectivity index (χ4v) is 2.44. The standard InChI is InChI=1S/C19H24N4O/c1-14-10-15(2)12-17(11-14)23-19(20)22-13-18(24)21-9-8-16-6-4-3-5-7-16/h3-7,10-12H,8-9,13H2,1-2H3,(H,21,24)(H3,20,22,23). The summed E-state index contributed by atoms with van der Waals surface area (Å²) in [6.45, 7) is 4.64. The van der Waals surface area contributed by atoms with Gasteiger partial charge < -0.3 is 16.4 Å². The molecular formula is C19H24N4O. The van der Waals surface area contributed by atoms with Crippen molar-refractivity contribution in [1.82, 2.24) is 5.32 Å². The fraction of sp³-hybridized carbons (Fsp3) is 0.263. The van der Waals surface area contributed by atoms with Crippen molar-refractivity contribution in [3.05, 3.63) is 65.2 Å². The SMILES string of the molecule is Cc1cc(C)cc(NC(N)=NCC(=O)NCCc2ccccc2)c1. The molecule has 5 heteroatoms. The number of guanidine groups is 1. The lowest BCUT2D eigenvalue weighted by Crippen LogP contribution is -2.30. The molecule has 2 aromatic carbocycles. The molecule has 0 heterocycles. The zero-order chi connectivity index (χ0) is 17.4. The first-order valence-electron chi connectivity index (χ1n) is 7.99. The van der Waals surface area contributed by atoms with Crippen molar-refractivity contribution in [2.75, 3.05) is 18.4 Å². The number of carbonyl (C=O) groups excluding carboxylic acids is 1. The summed E-state index contributed by atoms with van der Waals surface area (Å²) in [4.78, 5) is 15.9. The van der Waals surface area contributed by atoms with E-state index in [9.17, 15) is 4.79 Å². The van der Waals surface area contributed by atoms with Crippen LogP contribution in [0.5, 0.6) is 0 Å². The van der Waals surface area contributed by atoms with Crippen LogP contribution in [-0.4, -0.2) is 25.0 Å².